The van der Waals surface area contributed by atoms with Crippen LogP contribution in [0.25, 0.3) is 21.6 Å². The lowest BCUT2D eigenvalue weighted by atomic mass is 10.1. The Morgan fingerprint density at radius 2 is 2.28 bits per heavy atom. The largest absolute Gasteiger partial charge is 0.361 e. The lowest BCUT2D eigenvalue weighted by Gasteiger charge is -2.02. The normalized spacial score (nSPS) is 11.1. The van der Waals surface area contributed by atoms with Crippen molar-refractivity contribution in [2.45, 2.75) is 13.0 Å². The highest BCUT2D eigenvalue weighted by Crippen LogP contribution is 2.23. The van der Waals surface area contributed by atoms with Gasteiger partial charge in [0.05, 0.1) is 17.8 Å². The molecule has 0 fully saturated rings. The van der Waals surface area contributed by atoms with Crippen molar-refractivity contribution in [3.8, 4) is 10.7 Å². The molecule has 6 nitrogen and oxygen atoms in total. The van der Waals surface area contributed by atoms with Gasteiger partial charge in [0.15, 0.2) is 0 Å². The van der Waals surface area contributed by atoms with E-state index in [1.807, 2.05) is 41.9 Å². The lowest BCUT2D eigenvalue weighted by molar-refractivity contribution is -0.120. The van der Waals surface area contributed by atoms with E-state index in [0.717, 1.165) is 21.3 Å². The first-order valence-electron chi connectivity index (χ1n) is 7.58. The Morgan fingerprint density at radius 1 is 1.36 bits per heavy atom. The molecule has 2 N–H and O–H groups in total. The molecule has 25 heavy (non-hydrogen) atoms. The maximum Gasteiger partial charge on any atom is 0.246 e. The van der Waals surface area contributed by atoms with Crippen molar-refractivity contribution in [1.29, 1.82) is 0 Å². The van der Waals surface area contributed by atoms with Crippen LogP contribution in [-0.2, 0) is 17.8 Å². The summed E-state index contributed by atoms with van der Waals surface area (Å²) in [6, 6.07) is 9.39. The first-order chi connectivity index (χ1) is 12.2. The predicted octanol–water partition coefficient (Wildman–Crippen LogP) is 3.79. The molecule has 0 bridgehead atoms. The number of carbonyl (C=O) groups excluding carboxylic acids is 1. The molecule has 4 rings (SSSR count). The number of fused-ring (bicyclic) bond motifs is 1. The van der Waals surface area contributed by atoms with Crippen LogP contribution in [0.15, 0.2) is 46.4 Å². The summed E-state index contributed by atoms with van der Waals surface area (Å²) in [6.07, 6.45) is 2.06. The van der Waals surface area contributed by atoms with Crippen molar-refractivity contribution in [3.05, 3.63) is 58.4 Å². The molecule has 8 heteroatoms. The zero-order valence-electron chi connectivity index (χ0n) is 13.0. The number of benzene rings is 1. The molecule has 0 unspecified atom stereocenters. The molecule has 1 aromatic carbocycles. The number of hydrogen-bond donors (Lipinski definition) is 2. The highest BCUT2D eigenvalue weighted by Gasteiger charge is 2.12. The van der Waals surface area contributed by atoms with Gasteiger partial charge < -0.3 is 14.8 Å². The number of aromatic nitrogens is 3. The van der Waals surface area contributed by atoms with Crippen LogP contribution in [0, 0.1) is 0 Å². The fourth-order valence-electron chi connectivity index (χ4n) is 2.54. The van der Waals surface area contributed by atoms with Gasteiger partial charge in [-0.1, -0.05) is 22.8 Å². The predicted molar refractivity (Wildman–Crippen MR) is 96.5 cm³/mol. The van der Waals surface area contributed by atoms with Crippen molar-refractivity contribution < 1.29 is 9.32 Å². The summed E-state index contributed by atoms with van der Waals surface area (Å²) < 4.78 is 5.17. The standard InChI is InChI=1S/C17H13ClN4O2S/c18-11-3-4-13-12(7-11)10(8-19-13)6-15(23)20-9-16-21-17(22-24-16)14-2-1-5-25-14/h1-5,7-8,19H,6,9H2,(H,20,23). The van der Waals surface area contributed by atoms with E-state index in [2.05, 4.69) is 20.4 Å². The minimum Gasteiger partial charge on any atom is -0.361 e. The summed E-state index contributed by atoms with van der Waals surface area (Å²) in [5.74, 6) is 0.779. The smallest absolute Gasteiger partial charge is 0.246 e. The fourth-order valence-corrected chi connectivity index (χ4v) is 3.36. The van der Waals surface area contributed by atoms with Crippen LogP contribution in [-0.4, -0.2) is 21.0 Å². The van der Waals surface area contributed by atoms with Gasteiger partial charge in [-0.2, -0.15) is 4.98 Å². The minimum absolute atomic E-state index is 0.128. The molecule has 126 valence electrons. The van der Waals surface area contributed by atoms with Gasteiger partial charge in [0.1, 0.15) is 0 Å². The monoisotopic (exact) mass is 372 g/mol. The molecule has 0 aliphatic carbocycles. The van der Waals surface area contributed by atoms with Gasteiger partial charge in [-0.25, -0.2) is 0 Å². The van der Waals surface area contributed by atoms with Gasteiger partial charge in [-0.3, -0.25) is 4.79 Å². The summed E-state index contributed by atoms with van der Waals surface area (Å²) in [4.78, 5) is 20.5. The molecule has 0 saturated heterocycles. The summed E-state index contributed by atoms with van der Waals surface area (Å²) in [5.41, 5.74) is 1.84. The Bertz CT molecular complexity index is 1020. The van der Waals surface area contributed by atoms with Gasteiger partial charge in [0.2, 0.25) is 17.6 Å². The number of H-pyrrole nitrogens is 1. The first kappa shape index (κ1) is 15.9. The highest BCUT2D eigenvalue weighted by molar-refractivity contribution is 7.13. The number of thiophene rings is 1. The van der Waals surface area contributed by atoms with Crippen LogP contribution in [0.1, 0.15) is 11.5 Å². The molecule has 0 spiro atoms. The van der Waals surface area contributed by atoms with E-state index >= 15 is 0 Å². The summed E-state index contributed by atoms with van der Waals surface area (Å²) >= 11 is 7.56. The van der Waals surface area contributed by atoms with Crippen LogP contribution in [0.4, 0.5) is 0 Å². The molecule has 0 atom stereocenters. The second-order valence-electron chi connectivity index (χ2n) is 5.45. The Hall–Kier alpha value is -2.64. The maximum atomic E-state index is 12.2. The van der Waals surface area contributed by atoms with Crippen LogP contribution >= 0.6 is 22.9 Å². The number of rotatable bonds is 5. The molecule has 4 aromatic rings. The molecule has 0 aliphatic rings. The Kier molecular flexibility index (Phi) is 4.25. The summed E-state index contributed by atoms with van der Waals surface area (Å²) in [7, 11) is 0. The van der Waals surface area contributed by atoms with Crippen LogP contribution in [0.5, 0.6) is 0 Å². The number of aromatic amines is 1. The maximum absolute atomic E-state index is 12.2. The quantitative estimate of drug-likeness (QED) is 0.558. The number of nitrogens with zero attached hydrogens (tertiary/aromatic N) is 2. The van der Waals surface area contributed by atoms with E-state index in [-0.39, 0.29) is 18.9 Å². The van der Waals surface area contributed by atoms with Crippen molar-refractivity contribution in [3.63, 3.8) is 0 Å². The third kappa shape index (κ3) is 3.42. The summed E-state index contributed by atoms with van der Waals surface area (Å²) in [6.45, 7) is 0.195. The molecule has 0 aliphatic heterocycles. The van der Waals surface area contributed by atoms with Crippen LogP contribution < -0.4 is 5.32 Å². The molecule has 0 saturated carbocycles. The Morgan fingerprint density at radius 3 is 3.12 bits per heavy atom. The molecule has 1 amide bonds. The van der Waals surface area contributed by atoms with Gasteiger partial charge in [-0.15, -0.1) is 11.3 Å². The molecule has 3 heterocycles. The third-order valence-electron chi connectivity index (χ3n) is 3.73. The molecular weight excluding hydrogens is 360 g/mol. The van der Waals surface area contributed by atoms with Gasteiger partial charge >= 0.3 is 0 Å². The zero-order valence-corrected chi connectivity index (χ0v) is 14.5. The van der Waals surface area contributed by atoms with Crippen LogP contribution in [0.3, 0.4) is 0 Å². The molecular formula is C17H13ClN4O2S. The zero-order chi connectivity index (χ0) is 17.2. The van der Waals surface area contributed by atoms with E-state index in [1.165, 1.54) is 11.3 Å². The Balaban J connectivity index is 1.40. The highest BCUT2D eigenvalue weighted by atomic mass is 35.5. The number of hydrogen-bond acceptors (Lipinski definition) is 5. The SMILES string of the molecule is O=C(Cc1c[nH]c2ccc(Cl)cc12)NCc1nc(-c2cccs2)no1. The second kappa shape index (κ2) is 6.70. The van der Waals surface area contributed by atoms with Crippen molar-refractivity contribution >= 4 is 39.7 Å². The average Bonchev–Trinajstić information content (AvgIpc) is 3.34. The number of halogens is 1. The lowest BCUT2D eigenvalue weighted by Crippen LogP contribution is -2.24. The Labute approximate surface area is 151 Å². The number of nitrogens with one attached hydrogen (secondary N) is 2. The summed E-state index contributed by atoms with van der Waals surface area (Å²) in [5, 5.41) is 10.2. The van der Waals surface area contributed by atoms with E-state index in [4.69, 9.17) is 16.1 Å². The molecule has 3 aromatic heterocycles. The topological polar surface area (TPSA) is 83.8 Å². The van der Waals surface area contributed by atoms with E-state index in [9.17, 15) is 4.79 Å². The van der Waals surface area contributed by atoms with Gasteiger partial charge in [-0.05, 0) is 35.2 Å². The van der Waals surface area contributed by atoms with Crippen LogP contribution in [0.2, 0.25) is 5.02 Å². The number of carbonyl (C=O) groups is 1. The van der Waals surface area contributed by atoms with Crippen molar-refractivity contribution in [2.24, 2.45) is 0 Å². The van der Waals surface area contributed by atoms with E-state index in [1.54, 1.807) is 0 Å². The van der Waals surface area contributed by atoms with Gasteiger partial charge in [0.25, 0.3) is 0 Å². The first-order valence-corrected chi connectivity index (χ1v) is 8.83. The average molecular weight is 373 g/mol. The number of amides is 1. The second-order valence-corrected chi connectivity index (χ2v) is 6.83. The van der Waals surface area contributed by atoms with Crippen molar-refractivity contribution in [1.82, 2.24) is 20.4 Å². The van der Waals surface area contributed by atoms with E-state index < -0.39 is 0 Å². The minimum atomic E-state index is -0.128. The third-order valence-corrected chi connectivity index (χ3v) is 4.83. The fraction of sp³-hybridized carbons (Fsp3) is 0.118. The van der Waals surface area contributed by atoms with Gasteiger partial charge in [0, 0.05) is 22.1 Å². The van der Waals surface area contributed by atoms with E-state index in [0.29, 0.717) is 16.7 Å². The van der Waals surface area contributed by atoms with Crippen molar-refractivity contribution in [2.75, 3.05) is 0 Å². The molecule has 0 radical (unpaired) electrons.